The number of aromatic nitrogens is 2. The van der Waals surface area contributed by atoms with Crippen LogP contribution in [-0.2, 0) is 12.7 Å². The van der Waals surface area contributed by atoms with Crippen molar-refractivity contribution in [3.63, 3.8) is 0 Å². The van der Waals surface area contributed by atoms with Crippen LogP contribution in [0, 0.1) is 0 Å². The Labute approximate surface area is 180 Å². The number of unbranched alkanes of at least 4 members (excludes halogenated alkanes) is 1. The Morgan fingerprint density at radius 2 is 2.13 bits per heavy atom. The summed E-state index contributed by atoms with van der Waals surface area (Å²) < 4.78 is 46.9. The molecule has 1 amide bonds. The molecule has 0 saturated carbocycles. The van der Waals surface area contributed by atoms with Crippen LogP contribution in [-0.4, -0.2) is 33.3 Å². The van der Waals surface area contributed by atoms with Crippen LogP contribution in [0.25, 0.3) is 10.3 Å². The Kier molecular flexibility index (Phi) is 7.11. The number of rotatable bonds is 7. The summed E-state index contributed by atoms with van der Waals surface area (Å²) >= 11 is 1.19. The first-order chi connectivity index (χ1) is 14.7. The smallest absolute Gasteiger partial charge is 0.416 e. The summed E-state index contributed by atoms with van der Waals surface area (Å²) in [6, 6.07) is 6.27. The number of hydrogen-bond acceptors (Lipinski definition) is 5. The number of thiazole rings is 1. The number of fused-ring (bicyclic) bond motifs is 1. The quantitative estimate of drug-likeness (QED) is 0.575. The second kappa shape index (κ2) is 9.61. The molecular formula is C21H22F3N3O3S. The van der Waals surface area contributed by atoms with Crippen molar-refractivity contribution >= 4 is 27.6 Å². The molecule has 31 heavy (non-hydrogen) atoms. The van der Waals surface area contributed by atoms with Gasteiger partial charge in [0, 0.05) is 12.7 Å². The molecule has 3 rings (SSSR count). The van der Waals surface area contributed by atoms with E-state index >= 15 is 0 Å². The Balaban J connectivity index is 2.10. The lowest BCUT2D eigenvalue weighted by molar-refractivity contribution is -0.137. The zero-order chi connectivity index (χ0) is 22.6. The highest BCUT2D eigenvalue weighted by Crippen LogP contribution is 2.33. The number of carbonyl (C=O) groups excluding carboxylic acids is 1. The van der Waals surface area contributed by atoms with Crippen LogP contribution < -0.4 is 9.54 Å². The maximum absolute atomic E-state index is 13.2. The zero-order valence-corrected chi connectivity index (χ0v) is 17.8. The summed E-state index contributed by atoms with van der Waals surface area (Å²) in [5, 5.41) is 9.44. The van der Waals surface area contributed by atoms with Crippen molar-refractivity contribution in [1.29, 1.82) is 0 Å². The minimum absolute atomic E-state index is 0.0676. The van der Waals surface area contributed by atoms with Crippen LogP contribution in [0.4, 0.5) is 13.2 Å². The Hall–Kier alpha value is -2.72. The van der Waals surface area contributed by atoms with Gasteiger partial charge in [0.15, 0.2) is 4.80 Å². The average molecular weight is 453 g/mol. The van der Waals surface area contributed by atoms with Gasteiger partial charge in [-0.1, -0.05) is 24.7 Å². The third-order valence-corrected chi connectivity index (χ3v) is 5.41. The molecule has 0 unspecified atom stereocenters. The number of ether oxygens (including phenoxy) is 1. The molecule has 0 spiro atoms. The molecule has 0 bridgehead atoms. The molecule has 3 aromatic rings. The van der Waals surface area contributed by atoms with E-state index in [0.717, 1.165) is 36.6 Å². The van der Waals surface area contributed by atoms with E-state index in [4.69, 9.17) is 4.74 Å². The largest absolute Gasteiger partial charge is 0.490 e. The van der Waals surface area contributed by atoms with E-state index in [-0.39, 0.29) is 17.9 Å². The number of aliphatic hydroxyl groups is 1. The lowest BCUT2D eigenvalue weighted by Crippen LogP contribution is -2.19. The number of carbonyl (C=O) groups is 1. The predicted octanol–water partition coefficient (Wildman–Crippen LogP) is 4.42. The van der Waals surface area contributed by atoms with Crippen LogP contribution in [0.15, 0.2) is 41.5 Å². The van der Waals surface area contributed by atoms with Gasteiger partial charge in [-0.05, 0) is 43.7 Å². The summed E-state index contributed by atoms with van der Waals surface area (Å²) in [4.78, 5) is 22.4. The molecule has 6 nitrogen and oxygen atoms in total. The Morgan fingerprint density at radius 3 is 2.81 bits per heavy atom. The van der Waals surface area contributed by atoms with Gasteiger partial charge in [-0.15, -0.1) is 0 Å². The maximum Gasteiger partial charge on any atom is 0.416 e. The van der Waals surface area contributed by atoms with Crippen molar-refractivity contribution in [1.82, 2.24) is 9.55 Å². The molecule has 0 aliphatic carbocycles. The van der Waals surface area contributed by atoms with Gasteiger partial charge in [-0.2, -0.15) is 18.2 Å². The van der Waals surface area contributed by atoms with Crippen LogP contribution >= 0.6 is 11.3 Å². The number of nitrogens with zero attached hydrogens (tertiary/aromatic N) is 3. The second-order valence-corrected chi connectivity index (χ2v) is 7.96. The number of hydrogen-bond donors (Lipinski definition) is 1. The zero-order valence-electron chi connectivity index (χ0n) is 17.0. The third kappa shape index (κ3) is 5.50. The first kappa shape index (κ1) is 23.0. The number of pyridine rings is 1. The fourth-order valence-electron chi connectivity index (χ4n) is 2.88. The second-order valence-electron chi connectivity index (χ2n) is 7.00. The number of halogens is 3. The normalized spacial score (nSPS) is 13.5. The van der Waals surface area contributed by atoms with Gasteiger partial charge in [0.1, 0.15) is 17.2 Å². The van der Waals surface area contributed by atoms with Crippen molar-refractivity contribution < 1.29 is 27.8 Å². The average Bonchev–Trinajstić information content (AvgIpc) is 3.06. The maximum atomic E-state index is 13.2. The molecule has 0 radical (unpaired) electrons. The standard InChI is InChI=1S/C21H22F3N3O3S/c1-3-4-10-27-16-6-5-9-25-19(16)31-20(27)26-18(29)15-11-14(21(22,23)24)7-8-17(15)30-12-13(2)28/h5-9,11,13,28H,3-4,10,12H2,1-2H3/t13-/m1/s1. The lowest BCUT2D eigenvalue weighted by Gasteiger charge is -2.13. The molecule has 0 aliphatic heterocycles. The van der Waals surface area contributed by atoms with Gasteiger partial charge < -0.3 is 14.4 Å². The summed E-state index contributed by atoms with van der Waals surface area (Å²) in [6.45, 7) is 3.93. The van der Waals surface area contributed by atoms with E-state index in [1.165, 1.54) is 18.3 Å². The highest BCUT2D eigenvalue weighted by molar-refractivity contribution is 7.15. The SMILES string of the molecule is CCCCn1c(=NC(=O)c2cc(C(F)(F)F)ccc2OC[C@@H](C)O)sc2ncccc21. The molecule has 1 aromatic carbocycles. The van der Waals surface area contributed by atoms with E-state index in [1.807, 2.05) is 17.6 Å². The summed E-state index contributed by atoms with van der Waals surface area (Å²) in [6.07, 6.45) is -2.09. The summed E-state index contributed by atoms with van der Waals surface area (Å²) in [5.41, 5.74) is -0.489. The Morgan fingerprint density at radius 1 is 1.35 bits per heavy atom. The first-order valence-corrected chi connectivity index (χ1v) is 10.6. The van der Waals surface area contributed by atoms with E-state index in [2.05, 4.69) is 9.98 Å². The van der Waals surface area contributed by atoms with Crippen molar-refractivity contribution in [2.45, 2.75) is 45.5 Å². The monoisotopic (exact) mass is 453 g/mol. The minimum atomic E-state index is -4.62. The third-order valence-electron chi connectivity index (χ3n) is 4.41. The van der Waals surface area contributed by atoms with Gasteiger partial charge in [-0.25, -0.2) is 4.98 Å². The fourth-order valence-corrected chi connectivity index (χ4v) is 3.88. The van der Waals surface area contributed by atoms with Crippen LogP contribution in [0.2, 0.25) is 0 Å². The highest BCUT2D eigenvalue weighted by atomic mass is 32.1. The van der Waals surface area contributed by atoms with Crippen LogP contribution in [0.3, 0.4) is 0 Å². The van der Waals surface area contributed by atoms with Gasteiger partial charge in [-0.3, -0.25) is 4.79 Å². The predicted molar refractivity (Wildman–Crippen MR) is 111 cm³/mol. The molecule has 2 heterocycles. The molecule has 166 valence electrons. The van der Waals surface area contributed by atoms with Crippen molar-refractivity contribution in [2.24, 2.45) is 4.99 Å². The number of amides is 1. The van der Waals surface area contributed by atoms with E-state index in [9.17, 15) is 23.1 Å². The van der Waals surface area contributed by atoms with Crippen LogP contribution in [0.5, 0.6) is 5.75 Å². The van der Waals surface area contributed by atoms with Gasteiger partial charge in [0.25, 0.3) is 5.91 Å². The molecule has 10 heteroatoms. The number of aliphatic hydroxyl groups excluding tert-OH is 1. The van der Waals surface area contributed by atoms with Crippen molar-refractivity contribution in [2.75, 3.05) is 6.61 Å². The molecule has 1 N–H and O–H groups in total. The van der Waals surface area contributed by atoms with Gasteiger partial charge in [0.2, 0.25) is 0 Å². The van der Waals surface area contributed by atoms with Crippen molar-refractivity contribution in [3.8, 4) is 5.75 Å². The van der Waals surface area contributed by atoms with E-state index in [1.54, 1.807) is 12.3 Å². The number of alkyl halides is 3. The topological polar surface area (TPSA) is 76.7 Å². The van der Waals surface area contributed by atoms with E-state index < -0.39 is 23.8 Å². The molecule has 0 aliphatic rings. The molecule has 1 atom stereocenters. The Bertz CT molecular complexity index is 1140. The number of aryl methyl sites for hydroxylation is 1. The van der Waals surface area contributed by atoms with E-state index in [0.29, 0.717) is 16.2 Å². The highest BCUT2D eigenvalue weighted by Gasteiger charge is 2.32. The minimum Gasteiger partial charge on any atom is -0.490 e. The van der Waals surface area contributed by atoms with Crippen molar-refractivity contribution in [3.05, 3.63) is 52.5 Å². The fraction of sp³-hybridized carbons (Fsp3) is 0.381. The molecule has 0 fully saturated rings. The molecule has 0 saturated heterocycles. The summed E-state index contributed by atoms with van der Waals surface area (Å²) in [5.74, 6) is -0.925. The molecular weight excluding hydrogens is 431 g/mol. The number of benzene rings is 1. The first-order valence-electron chi connectivity index (χ1n) is 9.76. The molecule has 2 aromatic heterocycles. The lowest BCUT2D eigenvalue weighted by atomic mass is 10.1. The van der Waals surface area contributed by atoms with Gasteiger partial charge in [0.05, 0.1) is 22.7 Å². The van der Waals surface area contributed by atoms with Crippen LogP contribution in [0.1, 0.15) is 42.6 Å². The summed E-state index contributed by atoms with van der Waals surface area (Å²) in [7, 11) is 0. The van der Waals surface area contributed by atoms with Gasteiger partial charge >= 0.3 is 6.18 Å².